The SMILES string of the molecule is Cn1c2c(c3ccccc31)C(=O)C1(CCC2)CCC(=O)NC1=O. The van der Waals surface area contributed by atoms with Gasteiger partial charge in [0.2, 0.25) is 11.8 Å². The fourth-order valence-electron chi connectivity index (χ4n) is 4.11. The van der Waals surface area contributed by atoms with Crippen LogP contribution in [0.25, 0.3) is 10.9 Å². The lowest BCUT2D eigenvalue weighted by Gasteiger charge is -2.32. The summed E-state index contributed by atoms with van der Waals surface area (Å²) in [6.07, 6.45) is 2.60. The zero-order chi connectivity index (χ0) is 16.2. The molecule has 5 heteroatoms. The van der Waals surface area contributed by atoms with Crippen molar-refractivity contribution in [3.63, 3.8) is 0 Å². The number of carbonyl (C=O) groups is 3. The molecule has 1 N–H and O–H groups in total. The number of carbonyl (C=O) groups excluding carboxylic acids is 3. The number of nitrogens with zero attached hydrogens (tertiary/aromatic N) is 1. The quantitative estimate of drug-likeness (QED) is 0.598. The van der Waals surface area contributed by atoms with Crippen molar-refractivity contribution in [2.45, 2.75) is 32.1 Å². The molecule has 2 aromatic rings. The van der Waals surface area contributed by atoms with Crippen LogP contribution in [0.2, 0.25) is 0 Å². The number of benzene rings is 1. The third-order valence-electron chi connectivity index (χ3n) is 5.37. The minimum atomic E-state index is -1.08. The largest absolute Gasteiger partial charge is 0.347 e. The Hall–Kier alpha value is -2.43. The molecule has 1 unspecified atom stereocenters. The number of rotatable bonds is 0. The van der Waals surface area contributed by atoms with E-state index in [2.05, 4.69) is 9.88 Å². The van der Waals surface area contributed by atoms with Crippen LogP contribution in [0.15, 0.2) is 24.3 Å². The Kier molecular flexibility index (Phi) is 2.95. The van der Waals surface area contributed by atoms with E-state index in [1.165, 1.54) is 0 Å². The van der Waals surface area contributed by atoms with Crippen LogP contribution in [0, 0.1) is 5.41 Å². The van der Waals surface area contributed by atoms with Crippen molar-refractivity contribution in [3.8, 4) is 0 Å². The van der Waals surface area contributed by atoms with Crippen molar-refractivity contribution in [2.75, 3.05) is 0 Å². The topological polar surface area (TPSA) is 68.2 Å². The minimum Gasteiger partial charge on any atom is -0.347 e. The van der Waals surface area contributed by atoms with Crippen LogP contribution < -0.4 is 5.32 Å². The summed E-state index contributed by atoms with van der Waals surface area (Å²) in [6.45, 7) is 0. The van der Waals surface area contributed by atoms with Gasteiger partial charge in [-0.2, -0.15) is 0 Å². The highest BCUT2D eigenvalue weighted by atomic mass is 16.2. The molecular formula is C18H18N2O3. The van der Waals surface area contributed by atoms with Crippen molar-refractivity contribution in [2.24, 2.45) is 12.5 Å². The van der Waals surface area contributed by atoms with E-state index < -0.39 is 11.3 Å². The molecule has 0 radical (unpaired) electrons. The Bertz CT molecular complexity index is 865. The highest BCUT2D eigenvalue weighted by Crippen LogP contribution is 2.43. The van der Waals surface area contributed by atoms with Gasteiger partial charge in [-0.25, -0.2) is 0 Å². The lowest BCUT2D eigenvalue weighted by Crippen LogP contribution is -2.52. The predicted octanol–water partition coefficient (Wildman–Crippen LogP) is 2.12. The second kappa shape index (κ2) is 4.78. The molecule has 1 saturated heterocycles. The zero-order valence-corrected chi connectivity index (χ0v) is 13.0. The Morgan fingerprint density at radius 1 is 1.09 bits per heavy atom. The van der Waals surface area contributed by atoms with Gasteiger partial charge < -0.3 is 4.57 Å². The van der Waals surface area contributed by atoms with Gasteiger partial charge in [0.05, 0.1) is 0 Å². The monoisotopic (exact) mass is 310 g/mol. The second-order valence-electron chi connectivity index (χ2n) is 6.54. The van der Waals surface area contributed by atoms with Gasteiger partial charge in [-0.3, -0.25) is 19.7 Å². The maximum atomic E-state index is 13.4. The summed E-state index contributed by atoms with van der Waals surface area (Å²) in [7, 11) is 1.97. The molecule has 1 aromatic carbocycles. The van der Waals surface area contributed by atoms with E-state index in [4.69, 9.17) is 0 Å². The summed E-state index contributed by atoms with van der Waals surface area (Å²) in [5, 5.41) is 3.28. The highest BCUT2D eigenvalue weighted by molar-refractivity contribution is 6.22. The lowest BCUT2D eigenvalue weighted by atomic mass is 9.71. The average molecular weight is 310 g/mol. The fourth-order valence-corrected chi connectivity index (χ4v) is 4.11. The van der Waals surface area contributed by atoms with Crippen LogP contribution in [0.1, 0.15) is 41.7 Å². The van der Waals surface area contributed by atoms with Gasteiger partial charge in [0.1, 0.15) is 5.41 Å². The zero-order valence-electron chi connectivity index (χ0n) is 13.0. The number of hydrogen-bond acceptors (Lipinski definition) is 3. The fraction of sp³-hybridized carbons (Fsp3) is 0.389. The summed E-state index contributed by atoms with van der Waals surface area (Å²) in [6, 6.07) is 7.80. The standard InChI is InChI=1S/C18H18N2O3/c1-20-12-6-3-2-5-11(12)15-13(20)7-4-9-18(16(15)22)10-8-14(21)19-17(18)23/h2-3,5-6H,4,7-10H2,1H3,(H,19,21,23). The van der Waals surface area contributed by atoms with E-state index in [0.717, 1.165) is 29.4 Å². The van der Waals surface area contributed by atoms with Gasteiger partial charge in [-0.1, -0.05) is 18.2 Å². The Labute approximate surface area is 133 Å². The van der Waals surface area contributed by atoms with Crippen LogP contribution in [0.4, 0.5) is 0 Å². The first-order valence-electron chi connectivity index (χ1n) is 8.00. The van der Waals surface area contributed by atoms with Crippen LogP contribution in [-0.2, 0) is 23.1 Å². The molecule has 0 bridgehead atoms. The van der Waals surface area contributed by atoms with Gasteiger partial charge in [-0.05, 0) is 31.7 Å². The van der Waals surface area contributed by atoms with E-state index >= 15 is 0 Å². The summed E-state index contributed by atoms with van der Waals surface area (Å²) in [5.41, 5.74) is 1.60. The van der Waals surface area contributed by atoms with Crippen LogP contribution >= 0.6 is 0 Å². The van der Waals surface area contributed by atoms with E-state index in [-0.39, 0.29) is 18.1 Å². The second-order valence-corrected chi connectivity index (χ2v) is 6.54. The molecule has 1 aromatic heterocycles. The van der Waals surface area contributed by atoms with E-state index in [1.54, 1.807) is 0 Å². The molecule has 1 aliphatic heterocycles. The molecule has 1 fully saturated rings. The van der Waals surface area contributed by atoms with Gasteiger partial charge in [0, 0.05) is 35.6 Å². The third kappa shape index (κ3) is 1.82. The Morgan fingerprint density at radius 2 is 1.87 bits per heavy atom. The maximum absolute atomic E-state index is 13.4. The van der Waals surface area contributed by atoms with Gasteiger partial charge in [0.25, 0.3) is 0 Å². The minimum absolute atomic E-state index is 0.119. The van der Waals surface area contributed by atoms with Gasteiger partial charge in [0.15, 0.2) is 5.78 Å². The molecule has 2 heterocycles. The number of amides is 2. The number of para-hydroxylation sites is 1. The van der Waals surface area contributed by atoms with Crippen LogP contribution in [0.3, 0.4) is 0 Å². The normalized spacial score (nSPS) is 24.7. The molecule has 23 heavy (non-hydrogen) atoms. The average Bonchev–Trinajstić information content (AvgIpc) is 2.73. The van der Waals surface area contributed by atoms with E-state index in [1.807, 2.05) is 31.3 Å². The van der Waals surface area contributed by atoms with Crippen LogP contribution in [0.5, 0.6) is 0 Å². The number of piperidine rings is 1. The first-order valence-corrected chi connectivity index (χ1v) is 8.00. The predicted molar refractivity (Wildman–Crippen MR) is 85.0 cm³/mol. The maximum Gasteiger partial charge on any atom is 0.240 e. The molecular weight excluding hydrogens is 292 g/mol. The number of fused-ring (bicyclic) bond motifs is 3. The van der Waals surface area contributed by atoms with Gasteiger partial charge >= 0.3 is 0 Å². The van der Waals surface area contributed by atoms with Crippen LogP contribution in [-0.4, -0.2) is 22.2 Å². The smallest absolute Gasteiger partial charge is 0.240 e. The van der Waals surface area contributed by atoms with Crippen molar-refractivity contribution < 1.29 is 14.4 Å². The molecule has 1 aliphatic carbocycles. The molecule has 5 nitrogen and oxygen atoms in total. The van der Waals surface area contributed by atoms with Crippen molar-refractivity contribution in [3.05, 3.63) is 35.5 Å². The number of nitrogens with one attached hydrogen (secondary N) is 1. The van der Waals surface area contributed by atoms with E-state index in [0.29, 0.717) is 18.4 Å². The molecule has 0 saturated carbocycles. The highest BCUT2D eigenvalue weighted by Gasteiger charge is 2.51. The molecule has 1 spiro atoms. The van der Waals surface area contributed by atoms with Gasteiger partial charge in [-0.15, -0.1) is 0 Å². The molecule has 1 atom stereocenters. The van der Waals surface area contributed by atoms with Crippen molar-refractivity contribution in [1.82, 2.24) is 9.88 Å². The lowest BCUT2D eigenvalue weighted by molar-refractivity contribution is -0.139. The number of Topliss-reactive ketones (excluding diaryl/α,β-unsaturated/α-hetero) is 1. The first kappa shape index (κ1) is 14.2. The van der Waals surface area contributed by atoms with Crippen molar-refractivity contribution >= 4 is 28.5 Å². The number of imide groups is 1. The number of ketones is 1. The van der Waals surface area contributed by atoms with E-state index in [9.17, 15) is 14.4 Å². The summed E-state index contributed by atoms with van der Waals surface area (Å²) in [4.78, 5) is 37.4. The number of aryl methyl sites for hydroxylation is 1. The molecule has 4 rings (SSSR count). The Balaban J connectivity index is 1.94. The first-order chi connectivity index (χ1) is 11.0. The number of hydrogen-bond donors (Lipinski definition) is 1. The third-order valence-corrected chi connectivity index (χ3v) is 5.37. The van der Waals surface area contributed by atoms with Crippen molar-refractivity contribution in [1.29, 1.82) is 0 Å². The summed E-state index contributed by atoms with van der Waals surface area (Å²) >= 11 is 0. The molecule has 118 valence electrons. The summed E-state index contributed by atoms with van der Waals surface area (Å²) < 4.78 is 2.06. The Morgan fingerprint density at radius 3 is 2.65 bits per heavy atom. The summed E-state index contributed by atoms with van der Waals surface area (Å²) in [5.74, 6) is -0.817. The molecule has 2 amide bonds. The number of aromatic nitrogens is 1. The molecule has 2 aliphatic rings.